The second-order valence-electron chi connectivity index (χ2n) is 2.91. The number of hydrogen-bond acceptors (Lipinski definition) is 4. The summed E-state index contributed by atoms with van der Waals surface area (Å²) in [6, 6.07) is 7.24. The first-order valence-corrected chi connectivity index (χ1v) is 4.84. The van der Waals surface area contributed by atoms with Crippen molar-refractivity contribution in [3.05, 3.63) is 37.1 Å². The van der Waals surface area contributed by atoms with E-state index in [1.807, 2.05) is 12.1 Å². The number of carbonyl (C=O) groups excluding carboxylic acids is 1. The van der Waals surface area contributed by atoms with Gasteiger partial charge in [-0.05, 0) is 12.1 Å². The van der Waals surface area contributed by atoms with E-state index in [4.69, 9.17) is 9.47 Å². The van der Waals surface area contributed by atoms with Crippen LogP contribution >= 0.6 is 0 Å². The van der Waals surface area contributed by atoms with Crippen molar-refractivity contribution < 1.29 is 19.0 Å². The van der Waals surface area contributed by atoms with Crippen molar-refractivity contribution in [2.24, 2.45) is 0 Å². The molecule has 0 saturated carbocycles. The van der Waals surface area contributed by atoms with Crippen LogP contribution in [0.3, 0.4) is 0 Å². The average Bonchev–Trinajstić information content (AvgIpc) is 2.30. The fourth-order valence-electron chi connectivity index (χ4n) is 1.13. The van der Waals surface area contributed by atoms with Crippen LogP contribution in [-0.4, -0.2) is 19.7 Å². The molecule has 16 heavy (non-hydrogen) atoms. The second-order valence-corrected chi connectivity index (χ2v) is 2.91. The summed E-state index contributed by atoms with van der Waals surface area (Å²) >= 11 is 0. The Hall–Kier alpha value is -1.97. The van der Waals surface area contributed by atoms with Crippen LogP contribution in [0.5, 0.6) is 11.5 Å². The molecule has 1 rings (SSSR count). The maximum atomic E-state index is 11.0. The Bertz CT molecular complexity index is 360. The third-order valence-electron chi connectivity index (χ3n) is 1.85. The summed E-state index contributed by atoms with van der Waals surface area (Å²) < 4.78 is 15.0. The normalized spacial score (nSPS) is 9.31. The molecule has 0 N–H and O–H groups in total. The molecule has 0 radical (unpaired) electrons. The van der Waals surface area contributed by atoms with E-state index in [0.29, 0.717) is 11.5 Å². The third kappa shape index (κ3) is 3.65. The van der Waals surface area contributed by atoms with Crippen LogP contribution in [0, 0.1) is 0 Å². The summed E-state index contributed by atoms with van der Waals surface area (Å²) in [6.45, 7) is 3.53. The lowest BCUT2D eigenvalue weighted by Crippen LogP contribution is -2.07. The number of para-hydroxylation sites is 2. The minimum atomic E-state index is -0.370. The Labute approximate surface area is 94.4 Å². The summed E-state index contributed by atoms with van der Waals surface area (Å²) in [5.74, 6) is 0.876. The Kier molecular flexibility index (Phi) is 4.92. The molecular formula is C12H14O4. The van der Waals surface area contributed by atoms with Gasteiger partial charge in [0.05, 0.1) is 26.4 Å². The smallest absolute Gasteiger partial charge is 0.314 e. The Morgan fingerprint density at radius 1 is 1.38 bits per heavy atom. The number of rotatable bonds is 6. The van der Waals surface area contributed by atoms with Crippen LogP contribution in [0.25, 0.3) is 0 Å². The molecule has 0 bridgehead atoms. The molecule has 4 heteroatoms. The number of esters is 1. The van der Waals surface area contributed by atoms with Crippen molar-refractivity contribution in [3.63, 3.8) is 0 Å². The molecule has 1 aromatic carbocycles. The monoisotopic (exact) mass is 222 g/mol. The quantitative estimate of drug-likeness (QED) is 0.546. The molecule has 0 aliphatic rings. The second kappa shape index (κ2) is 6.50. The maximum Gasteiger partial charge on any atom is 0.314 e. The van der Waals surface area contributed by atoms with Crippen LogP contribution in [0.15, 0.2) is 37.1 Å². The van der Waals surface area contributed by atoms with E-state index in [9.17, 15) is 4.79 Å². The van der Waals surface area contributed by atoms with Crippen LogP contribution in [0.1, 0.15) is 6.42 Å². The highest BCUT2D eigenvalue weighted by atomic mass is 16.5. The van der Waals surface area contributed by atoms with E-state index < -0.39 is 0 Å². The summed E-state index contributed by atoms with van der Waals surface area (Å²) in [4.78, 5) is 11.0. The highest BCUT2D eigenvalue weighted by molar-refractivity contribution is 5.70. The Morgan fingerprint density at radius 3 is 2.69 bits per heavy atom. The highest BCUT2D eigenvalue weighted by Gasteiger charge is 2.05. The van der Waals surface area contributed by atoms with E-state index in [1.54, 1.807) is 19.2 Å². The zero-order valence-electron chi connectivity index (χ0n) is 9.14. The fourth-order valence-corrected chi connectivity index (χ4v) is 1.13. The van der Waals surface area contributed by atoms with Gasteiger partial charge in [-0.3, -0.25) is 4.79 Å². The molecule has 0 saturated heterocycles. The van der Waals surface area contributed by atoms with Gasteiger partial charge < -0.3 is 14.2 Å². The van der Waals surface area contributed by atoms with E-state index in [2.05, 4.69) is 11.3 Å². The van der Waals surface area contributed by atoms with Crippen molar-refractivity contribution >= 4 is 5.97 Å². The first-order valence-electron chi connectivity index (χ1n) is 4.84. The lowest BCUT2D eigenvalue weighted by Gasteiger charge is -2.09. The molecule has 0 spiro atoms. The van der Waals surface area contributed by atoms with Crippen molar-refractivity contribution in [2.75, 3.05) is 13.7 Å². The van der Waals surface area contributed by atoms with Gasteiger partial charge in [-0.1, -0.05) is 18.7 Å². The molecule has 4 nitrogen and oxygen atoms in total. The first kappa shape index (κ1) is 12.1. The number of ether oxygens (including phenoxy) is 3. The van der Waals surface area contributed by atoms with E-state index >= 15 is 0 Å². The molecule has 0 aliphatic heterocycles. The summed E-state index contributed by atoms with van der Waals surface area (Å²) in [7, 11) is 1.56. The van der Waals surface area contributed by atoms with Crippen molar-refractivity contribution in [2.45, 2.75) is 6.42 Å². The molecule has 0 aliphatic carbocycles. The molecule has 1 aromatic rings. The molecule has 0 heterocycles. The largest absolute Gasteiger partial charge is 0.493 e. The number of methoxy groups -OCH3 is 1. The number of carbonyl (C=O) groups is 1. The van der Waals surface area contributed by atoms with Gasteiger partial charge in [0.2, 0.25) is 0 Å². The van der Waals surface area contributed by atoms with Crippen molar-refractivity contribution in [1.82, 2.24) is 0 Å². The van der Waals surface area contributed by atoms with Crippen LogP contribution in [0.2, 0.25) is 0 Å². The SMILES string of the molecule is C=COC(=O)CCOc1ccccc1OC. The molecule has 0 amide bonds. The van der Waals surface area contributed by atoms with E-state index in [1.165, 1.54) is 0 Å². The Morgan fingerprint density at radius 2 is 2.06 bits per heavy atom. The van der Waals surface area contributed by atoms with E-state index in [0.717, 1.165) is 6.26 Å². The van der Waals surface area contributed by atoms with Crippen LogP contribution in [0.4, 0.5) is 0 Å². The predicted molar refractivity (Wildman–Crippen MR) is 59.4 cm³/mol. The van der Waals surface area contributed by atoms with Gasteiger partial charge in [0, 0.05) is 0 Å². The number of hydrogen-bond donors (Lipinski definition) is 0. The fraction of sp³-hybridized carbons (Fsp3) is 0.250. The van der Waals surface area contributed by atoms with Crippen molar-refractivity contribution in [3.8, 4) is 11.5 Å². The Balaban J connectivity index is 2.42. The molecule has 0 unspecified atom stereocenters. The lowest BCUT2D eigenvalue weighted by atomic mass is 10.3. The average molecular weight is 222 g/mol. The van der Waals surface area contributed by atoms with Gasteiger partial charge in [-0.15, -0.1) is 0 Å². The summed E-state index contributed by atoms with van der Waals surface area (Å²) in [5.41, 5.74) is 0. The van der Waals surface area contributed by atoms with Gasteiger partial charge in [0.15, 0.2) is 11.5 Å². The molecule has 0 atom stereocenters. The van der Waals surface area contributed by atoms with Crippen molar-refractivity contribution in [1.29, 1.82) is 0 Å². The molecule has 86 valence electrons. The summed E-state index contributed by atoms with van der Waals surface area (Å²) in [6.07, 6.45) is 1.27. The van der Waals surface area contributed by atoms with Gasteiger partial charge in [0.25, 0.3) is 0 Å². The molecular weight excluding hydrogens is 208 g/mol. The van der Waals surface area contributed by atoms with Gasteiger partial charge in [-0.25, -0.2) is 0 Å². The maximum absolute atomic E-state index is 11.0. The van der Waals surface area contributed by atoms with Gasteiger partial charge in [0.1, 0.15) is 0 Å². The third-order valence-corrected chi connectivity index (χ3v) is 1.85. The molecule has 0 fully saturated rings. The minimum Gasteiger partial charge on any atom is -0.493 e. The highest BCUT2D eigenvalue weighted by Crippen LogP contribution is 2.25. The van der Waals surface area contributed by atoms with Crippen LogP contribution in [-0.2, 0) is 9.53 Å². The lowest BCUT2D eigenvalue weighted by molar-refractivity contribution is -0.138. The van der Waals surface area contributed by atoms with Crippen LogP contribution < -0.4 is 9.47 Å². The number of benzene rings is 1. The topological polar surface area (TPSA) is 44.8 Å². The summed E-state index contributed by atoms with van der Waals surface area (Å²) in [5, 5.41) is 0. The zero-order valence-corrected chi connectivity index (χ0v) is 9.14. The van der Waals surface area contributed by atoms with Gasteiger partial charge in [-0.2, -0.15) is 0 Å². The minimum absolute atomic E-state index is 0.171. The van der Waals surface area contributed by atoms with Gasteiger partial charge >= 0.3 is 5.97 Å². The predicted octanol–water partition coefficient (Wildman–Crippen LogP) is 2.15. The van der Waals surface area contributed by atoms with E-state index in [-0.39, 0.29) is 19.0 Å². The molecule has 0 aromatic heterocycles. The standard InChI is InChI=1S/C12H14O4/c1-3-15-12(13)8-9-16-11-7-5-4-6-10(11)14-2/h3-7H,1,8-9H2,2H3. The zero-order chi connectivity index (χ0) is 11.8. The first-order chi connectivity index (χ1) is 7.77.